The molecule has 2 heterocycles. The molecular formula is C16H27N3O2. The van der Waals surface area contributed by atoms with Crippen LogP contribution < -0.4 is 10.1 Å². The minimum atomic E-state index is 0.169. The van der Waals surface area contributed by atoms with Crippen molar-refractivity contribution >= 4 is 0 Å². The topological polar surface area (TPSA) is 56.3 Å². The van der Waals surface area contributed by atoms with Crippen LogP contribution in [0.3, 0.4) is 0 Å². The highest BCUT2D eigenvalue weighted by atomic mass is 16.5. The molecule has 5 nitrogen and oxygen atoms in total. The molecule has 0 aromatic carbocycles. The van der Waals surface area contributed by atoms with Gasteiger partial charge in [-0.2, -0.15) is 0 Å². The third-order valence-electron chi connectivity index (χ3n) is 3.48. The third-order valence-corrected chi connectivity index (χ3v) is 3.48. The zero-order chi connectivity index (χ0) is 15.2. The second-order valence-corrected chi connectivity index (χ2v) is 6.34. The molecule has 5 heteroatoms. The van der Waals surface area contributed by atoms with Crippen molar-refractivity contribution < 1.29 is 9.47 Å². The number of ether oxygens (including phenoxy) is 2. The lowest BCUT2D eigenvalue weighted by Gasteiger charge is -2.31. The van der Waals surface area contributed by atoms with Gasteiger partial charge in [0.2, 0.25) is 5.88 Å². The van der Waals surface area contributed by atoms with E-state index in [1.165, 1.54) is 0 Å². The molecule has 1 aromatic rings. The van der Waals surface area contributed by atoms with Crippen LogP contribution in [0, 0.1) is 5.92 Å². The Hall–Kier alpha value is -1.20. The summed E-state index contributed by atoms with van der Waals surface area (Å²) >= 11 is 0. The Morgan fingerprint density at radius 1 is 1.24 bits per heavy atom. The predicted molar refractivity (Wildman–Crippen MR) is 82.2 cm³/mol. The van der Waals surface area contributed by atoms with Gasteiger partial charge in [0.1, 0.15) is 6.10 Å². The average Bonchev–Trinajstić information content (AvgIpc) is 2.39. The zero-order valence-corrected chi connectivity index (χ0v) is 13.5. The molecule has 1 fully saturated rings. The van der Waals surface area contributed by atoms with Crippen LogP contribution in [-0.4, -0.2) is 34.8 Å². The molecule has 0 saturated carbocycles. The van der Waals surface area contributed by atoms with E-state index in [1.54, 1.807) is 12.4 Å². The van der Waals surface area contributed by atoms with Crippen LogP contribution in [0.1, 0.15) is 46.2 Å². The zero-order valence-electron chi connectivity index (χ0n) is 13.5. The molecule has 1 aliphatic heterocycles. The summed E-state index contributed by atoms with van der Waals surface area (Å²) in [5.74, 6) is 1.24. The lowest BCUT2D eigenvalue weighted by atomic mass is 10.0. The maximum Gasteiger partial charge on any atom is 0.232 e. The summed E-state index contributed by atoms with van der Waals surface area (Å²) in [6.07, 6.45) is 5.97. The van der Waals surface area contributed by atoms with Gasteiger partial charge >= 0.3 is 0 Å². The standard InChI is InChI=1S/C16H27N3O2/c1-11(2)7-17-8-14-9-19-16(10-18-14)21-15-5-12(3)20-13(4)6-15/h9-13,15,17H,5-8H2,1-4H3. The smallest absolute Gasteiger partial charge is 0.232 e. The van der Waals surface area contributed by atoms with Crippen molar-refractivity contribution in [1.29, 1.82) is 0 Å². The molecule has 0 aliphatic carbocycles. The first-order valence-electron chi connectivity index (χ1n) is 7.86. The van der Waals surface area contributed by atoms with E-state index in [0.29, 0.717) is 11.8 Å². The van der Waals surface area contributed by atoms with Crippen molar-refractivity contribution in [2.45, 2.75) is 65.4 Å². The molecule has 0 radical (unpaired) electrons. The highest BCUT2D eigenvalue weighted by Gasteiger charge is 2.26. The van der Waals surface area contributed by atoms with E-state index < -0.39 is 0 Å². The summed E-state index contributed by atoms with van der Waals surface area (Å²) in [7, 11) is 0. The molecule has 1 aliphatic rings. The van der Waals surface area contributed by atoms with E-state index in [-0.39, 0.29) is 18.3 Å². The molecule has 0 bridgehead atoms. The number of nitrogens with one attached hydrogen (secondary N) is 1. The minimum Gasteiger partial charge on any atom is -0.473 e. The van der Waals surface area contributed by atoms with Crippen LogP contribution in [-0.2, 0) is 11.3 Å². The highest BCUT2D eigenvalue weighted by molar-refractivity contribution is 5.08. The van der Waals surface area contributed by atoms with Crippen molar-refractivity contribution in [2.75, 3.05) is 6.54 Å². The molecule has 2 atom stereocenters. The van der Waals surface area contributed by atoms with E-state index in [9.17, 15) is 0 Å². The Labute approximate surface area is 127 Å². The summed E-state index contributed by atoms with van der Waals surface area (Å²) < 4.78 is 11.6. The number of hydrogen-bond donors (Lipinski definition) is 1. The molecule has 0 spiro atoms. The summed E-state index contributed by atoms with van der Waals surface area (Å²) in [6, 6.07) is 0. The molecular weight excluding hydrogens is 266 g/mol. The summed E-state index contributed by atoms with van der Waals surface area (Å²) in [5.41, 5.74) is 0.941. The van der Waals surface area contributed by atoms with Gasteiger partial charge in [0.15, 0.2) is 0 Å². The highest BCUT2D eigenvalue weighted by Crippen LogP contribution is 2.22. The maximum absolute atomic E-state index is 5.92. The predicted octanol–water partition coefficient (Wildman–Crippen LogP) is 2.56. The van der Waals surface area contributed by atoms with E-state index in [2.05, 4.69) is 43.0 Å². The lowest BCUT2D eigenvalue weighted by molar-refractivity contribution is -0.0730. The first-order valence-corrected chi connectivity index (χ1v) is 7.86. The average molecular weight is 293 g/mol. The van der Waals surface area contributed by atoms with E-state index in [1.807, 2.05) is 0 Å². The fourth-order valence-electron chi connectivity index (χ4n) is 2.60. The maximum atomic E-state index is 5.92. The normalized spacial score (nSPS) is 26.0. The molecule has 1 N–H and O–H groups in total. The fraction of sp³-hybridized carbons (Fsp3) is 0.750. The van der Waals surface area contributed by atoms with Crippen LogP contribution in [0.15, 0.2) is 12.4 Å². The molecule has 1 aromatic heterocycles. The van der Waals surface area contributed by atoms with Crippen LogP contribution >= 0.6 is 0 Å². The number of hydrogen-bond acceptors (Lipinski definition) is 5. The van der Waals surface area contributed by atoms with Gasteiger partial charge in [-0.05, 0) is 26.3 Å². The Bertz CT molecular complexity index is 412. The second-order valence-electron chi connectivity index (χ2n) is 6.34. The molecule has 2 unspecified atom stereocenters. The number of nitrogens with zero attached hydrogens (tertiary/aromatic N) is 2. The second kappa shape index (κ2) is 7.71. The van der Waals surface area contributed by atoms with Gasteiger partial charge in [-0.3, -0.25) is 4.98 Å². The van der Waals surface area contributed by atoms with Crippen molar-refractivity contribution in [3.05, 3.63) is 18.1 Å². The van der Waals surface area contributed by atoms with Gasteiger partial charge in [-0.25, -0.2) is 4.98 Å². The summed E-state index contributed by atoms with van der Waals surface area (Å²) in [6.45, 7) is 10.3. The number of rotatable bonds is 6. The Kier molecular flexibility index (Phi) is 5.94. The van der Waals surface area contributed by atoms with E-state index >= 15 is 0 Å². The van der Waals surface area contributed by atoms with Gasteiger partial charge < -0.3 is 14.8 Å². The summed E-state index contributed by atoms with van der Waals surface area (Å²) in [4.78, 5) is 8.75. The lowest BCUT2D eigenvalue weighted by Crippen LogP contribution is -2.35. The minimum absolute atomic E-state index is 0.169. The van der Waals surface area contributed by atoms with Gasteiger partial charge in [-0.1, -0.05) is 13.8 Å². The summed E-state index contributed by atoms with van der Waals surface area (Å²) in [5, 5.41) is 3.35. The van der Waals surface area contributed by atoms with Crippen LogP contribution in [0.5, 0.6) is 5.88 Å². The SMILES string of the molecule is CC(C)CNCc1cnc(OC2CC(C)OC(C)C2)cn1. The first kappa shape index (κ1) is 16.2. The quantitative estimate of drug-likeness (QED) is 0.873. The van der Waals surface area contributed by atoms with E-state index in [0.717, 1.165) is 31.6 Å². The van der Waals surface area contributed by atoms with Crippen molar-refractivity contribution in [3.63, 3.8) is 0 Å². The first-order chi connectivity index (χ1) is 10.0. The number of aromatic nitrogens is 2. The van der Waals surface area contributed by atoms with Gasteiger partial charge in [-0.15, -0.1) is 0 Å². The molecule has 118 valence electrons. The van der Waals surface area contributed by atoms with Gasteiger partial charge in [0.05, 0.1) is 30.3 Å². The fourth-order valence-corrected chi connectivity index (χ4v) is 2.60. The van der Waals surface area contributed by atoms with Crippen molar-refractivity contribution in [1.82, 2.24) is 15.3 Å². The van der Waals surface area contributed by atoms with Crippen molar-refractivity contribution in [2.24, 2.45) is 5.92 Å². The molecule has 2 rings (SSSR count). The molecule has 21 heavy (non-hydrogen) atoms. The van der Waals surface area contributed by atoms with Crippen molar-refractivity contribution in [3.8, 4) is 5.88 Å². The Morgan fingerprint density at radius 3 is 2.52 bits per heavy atom. The molecule has 1 saturated heterocycles. The Morgan fingerprint density at radius 2 is 1.95 bits per heavy atom. The third kappa shape index (κ3) is 5.59. The monoisotopic (exact) mass is 293 g/mol. The molecule has 0 amide bonds. The largest absolute Gasteiger partial charge is 0.473 e. The van der Waals surface area contributed by atoms with Crippen LogP contribution in [0.2, 0.25) is 0 Å². The van der Waals surface area contributed by atoms with Gasteiger partial charge in [0.25, 0.3) is 0 Å². The van der Waals surface area contributed by atoms with Crippen LogP contribution in [0.4, 0.5) is 0 Å². The van der Waals surface area contributed by atoms with E-state index in [4.69, 9.17) is 9.47 Å². The van der Waals surface area contributed by atoms with Gasteiger partial charge in [0, 0.05) is 19.4 Å². The van der Waals surface area contributed by atoms with Crippen LogP contribution in [0.25, 0.3) is 0 Å². The Balaban J connectivity index is 1.81.